The van der Waals surface area contributed by atoms with E-state index in [2.05, 4.69) is 0 Å². The van der Waals surface area contributed by atoms with Crippen LogP contribution in [0.5, 0.6) is 28.7 Å². The highest BCUT2D eigenvalue weighted by molar-refractivity contribution is 6.13. The number of hydrogen-bond acceptors (Lipinski definition) is 7. The molecule has 0 atom stereocenters. The number of hydrogen-bond donors (Lipinski definition) is 3. The lowest BCUT2D eigenvalue weighted by Crippen LogP contribution is -2.00. The van der Waals surface area contributed by atoms with Crippen LogP contribution in [0.4, 0.5) is 0 Å². The Balaban J connectivity index is 2.18. The van der Waals surface area contributed by atoms with Crippen molar-refractivity contribution in [2.24, 2.45) is 0 Å². The first-order chi connectivity index (χ1) is 13.0. The largest absolute Gasteiger partial charge is 0.507 e. The Morgan fingerprint density at radius 2 is 1.56 bits per heavy atom. The van der Waals surface area contributed by atoms with E-state index in [0.29, 0.717) is 39.0 Å². The molecule has 0 radical (unpaired) electrons. The summed E-state index contributed by atoms with van der Waals surface area (Å²) in [6.07, 6.45) is 0. The van der Waals surface area contributed by atoms with E-state index in [1.807, 2.05) is 0 Å². The van der Waals surface area contributed by atoms with Gasteiger partial charge in [-0.1, -0.05) is 6.07 Å². The minimum atomic E-state index is -0.570. The number of ether oxygens (including phenoxy) is 3. The van der Waals surface area contributed by atoms with Crippen LogP contribution in [0.25, 0.3) is 21.9 Å². The summed E-state index contributed by atoms with van der Waals surface area (Å²) < 4.78 is 15.8. The van der Waals surface area contributed by atoms with Crippen LogP contribution in [-0.4, -0.2) is 35.5 Å². The SMILES string of the molecule is COc1cc2c(O)c3c(c(-c4ccc(O)c(O)c4)c2cc1OC)C(=O)OC3. The number of phenolic OH excluding ortho intramolecular Hbond substituents is 3. The van der Waals surface area contributed by atoms with Gasteiger partial charge in [-0.15, -0.1) is 0 Å². The van der Waals surface area contributed by atoms with Crippen LogP contribution in [-0.2, 0) is 11.3 Å². The van der Waals surface area contributed by atoms with Crippen LogP contribution in [0.1, 0.15) is 15.9 Å². The molecule has 0 aromatic heterocycles. The summed E-state index contributed by atoms with van der Waals surface area (Å²) in [5.41, 5.74) is 1.54. The molecule has 138 valence electrons. The second kappa shape index (κ2) is 5.98. The molecule has 7 heteroatoms. The van der Waals surface area contributed by atoms with Crippen LogP contribution in [0.3, 0.4) is 0 Å². The lowest BCUT2D eigenvalue weighted by Gasteiger charge is -2.16. The van der Waals surface area contributed by atoms with E-state index in [1.165, 1.54) is 26.4 Å². The van der Waals surface area contributed by atoms with Crippen molar-refractivity contribution in [1.29, 1.82) is 0 Å². The fourth-order valence-electron chi connectivity index (χ4n) is 3.40. The number of esters is 1. The first kappa shape index (κ1) is 16.8. The minimum Gasteiger partial charge on any atom is -0.507 e. The van der Waals surface area contributed by atoms with Gasteiger partial charge < -0.3 is 29.5 Å². The van der Waals surface area contributed by atoms with Crippen LogP contribution in [0, 0.1) is 0 Å². The van der Waals surface area contributed by atoms with Gasteiger partial charge in [0.05, 0.1) is 19.8 Å². The predicted molar refractivity (Wildman–Crippen MR) is 96.6 cm³/mol. The maximum Gasteiger partial charge on any atom is 0.339 e. The molecule has 1 aliphatic heterocycles. The maximum atomic E-state index is 12.4. The lowest BCUT2D eigenvalue weighted by atomic mass is 9.89. The van der Waals surface area contributed by atoms with E-state index in [4.69, 9.17) is 14.2 Å². The molecular weight excluding hydrogens is 352 g/mol. The van der Waals surface area contributed by atoms with Gasteiger partial charge in [0.15, 0.2) is 23.0 Å². The molecule has 3 aromatic rings. The van der Waals surface area contributed by atoms with Gasteiger partial charge in [0.25, 0.3) is 0 Å². The zero-order valence-corrected chi connectivity index (χ0v) is 14.6. The van der Waals surface area contributed by atoms with Gasteiger partial charge in [0, 0.05) is 16.5 Å². The van der Waals surface area contributed by atoms with Gasteiger partial charge in [-0.2, -0.15) is 0 Å². The summed E-state index contributed by atoms with van der Waals surface area (Å²) in [4.78, 5) is 12.4. The van der Waals surface area contributed by atoms with Crippen LogP contribution in [0.15, 0.2) is 30.3 Å². The molecule has 1 aliphatic rings. The van der Waals surface area contributed by atoms with Crippen molar-refractivity contribution in [1.82, 2.24) is 0 Å². The number of cyclic esters (lactones) is 1. The van der Waals surface area contributed by atoms with Crippen molar-refractivity contribution in [3.8, 4) is 39.9 Å². The molecule has 0 unspecified atom stereocenters. The molecule has 3 N–H and O–H groups in total. The van der Waals surface area contributed by atoms with Gasteiger partial charge in [-0.25, -0.2) is 4.79 Å². The Morgan fingerprint density at radius 1 is 0.889 bits per heavy atom. The maximum absolute atomic E-state index is 12.4. The number of rotatable bonds is 3. The highest BCUT2D eigenvalue weighted by Crippen LogP contribution is 2.48. The van der Waals surface area contributed by atoms with E-state index in [-0.39, 0.29) is 29.4 Å². The smallest absolute Gasteiger partial charge is 0.339 e. The number of carbonyl (C=O) groups is 1. The molecule has 0 aliphatic carbocycles. The molecule has 1 heterocycles. The molecule has 7 nitrogen and oxygen atoms in total. The highest BCUT2D eigenvalue weighted by Gasteiger charge is 2.32. The number of carbonyl (C=O) groups excluding carboxylic acids is 1. The third-order valence-corrected chi connectivity index (χ3v) is 4.70. The van der Waals surface area contributed by atoms with Gasteiger partial charge in [-0.05, 0) is 35.2 Å². The Labute approximate surface area is 154 Å². The Bertz CT molecular complexity index is 1100. The Kier molecular flexibility index (Phi) is 3.73. The average Bonchev–Trinajstić information content (AvgIpc) is 3.05. The Morgan fingerprint density at radius 3 is 2.19 bits per heavy atom. The second-order valence-electron chi connectivity index (χ2n) is 6.11. The highest BCUT2D eigenvalue weighted by atomic mass is 16.5. The lowest BCUT2D eigenvalue weighted by molar-refractivity contribution is 0.0535. The van der Waals surface area contributed by atoms with Gasteiger partial charge >= 0.3 is 5.97 Å². The monoisotopic (exact) mass is 368 g/mol. The van der Waals surface area contributed by atoms with E-state index >= 15 is 0 Å². The molecular formula is C20H16O7. The molecule has 0 amide bonds. The van der Waals surface area contributed by atoms with E-state index in [0.717, 1.165) is 0 Å². The molecule has 0 fully saturated rings. The minimum absolute atomic E-state index is 0.0542. The summed E-state index contributed by atoms with van der Waals surface area (Å²) in [5.74, 6) is -0.405. The number of fused-ring (bicyclic) bond motifs is 2. The molecule has 3 aromatic carbocycles. The van der Waals surface area contributed by atoms with Crippen molar-refractivity contribution in [2.45, 2.75) is 6.61 Å². The number of phenols is 3. The third-order valence-electron chi connectivity index (χ3n) is 4.70. The second-order valence-corrected chi connectivity index (χ2v) is 6.11. The number of benzene rings is 3. The van der Waals surface area contributed by atoms with Crippen molar-refractivity contribution in [3.05, 3.63) is 41.5 Å². The van der Waals surface area contributed by atoms with Crippen molar-refractivity contribution >= 4 is 16.7 Å². The number of aromatic hydroxyl groups is 3. The molecule has 4 rings (SSSR count). The molecule has 27 heavy (non-hydrogen) atoms. The normalized spacial score (nSPS) is 12.7. The van der Waals surface area contributed by atoms with Crippen LogP contribution in [0.2, 0.25) is 0 Å². The standard InChI is InChI=1S/C20H16O7/c1-25-15-6-10-11(7-16(15)26-2)19(23)12-8-27-20(24)18(12)17(10)9-3-4-13(21)14(22)5-9/h3-7,21-23H,8H2,1-2H3. The summed E-state index contributed by atoms with van der Waals surface area (Å²) in [5, 5.41) is 31.2. The first-order valence-electron chi connectivity index (χ1n) is 8.09. The molecule has 0 spiro atoms. The van der Waals surface area contributed by atoms with Gasteiger partial charge in [0.2, 0.25) is 0 Å². The van der Waals surface area contributed by atoms with Gasteiger partial charge in [0.1, 0.15) is 12.4 Å². The van der Waals surface area contributed by atoms with Crippen molar-refractivity contribution < 1.29 is 34.3 Å². The van der Waals surface area contributed by atoms with E-state index in [9.17, 15) is 20.1 Å². The third kappa shape index (κ3) is 2.39. The summed E-state index contributed by atoms with van der Waals surface area (Å²) in [6, 6.07) is 7.53. The van der Waals surface area contributed by atoms with Crippen molar-refractivity contribution in [3.63, 3.8) is 0 Å². The topological polar surface area (TPSA) is 105 Å². The quantitative estimate of drug-likeness (QED) is 0.481. The number of methoxy groups -OCH3 is 2. The van der Waals surface area contributed by atoms with E-state index in [1.54, 1.807) is 18.2 Å². The summed E-state index contributed by atoms with van der Waals surface area (Å²) >= 11 is 0. The fourth-order valence-corrected chi connectivity index (χ4v) is 3.40. The fraction of sp³-hybridized carbons (Fsp3) is 0.150. The molecule has 0 bridgehead atoms. The zero-order valence-electron chi connectivity index (χ0n) is 14.6. The average molecular weight is 368 g/mol. The summed E-state index contributed by atoms with van der Waals surface area (Å²) in [6.45, 7) is -0.0542. The van der Waals surface area contributed by atoms with Crippen LogP contribution < -0.4 is 9.47 Å². The Hall–Kier alpha value is -3.61. The van der Waals surface area contributed by atoms with Crippen molar-refractivity contribution in [2.75, 3.05) is 14.2 Å². The zero-order chi connectivity index (χ0) is 19.3. The van der Waals surface area contributed by atoms with E-state index < -0.39 is 5.97 Å². The summed E-state index contributed by atoms with van der Waals surface area (Å²) in [7, 11) is 2.97. The first-order valence-corrected chi connectivity index (χ1v) is 8.09. The predicted octanol–water partition coefficient (Wildman–Crippen LogP) is 3.31. The molecule has 0 saturated carbocycles. The van der Waals surface area contributed by atoms with Gasteiger partial charge in [-0.3, -0.25) is 0 Å². The molecule has 0 saturated heterocycles. The van der Waals surface area contributed by atoms with Crippen LogP contribution >= 0.6 is 0 Å².